The standard InChI is InChI=1S/C14H19FN2O2S2/c1-10-8-11(15)6-7-13(10)21(18,19)17(9-14(16)20)12-4-2-3-5-12/h6-8,12H,2-5,9H2,1H3,(H2,16,20). The predicted molar refractivity (Wildman–Crippen MR) is 84.1 cm³/mol. The zero-order valence-corrected chi connectivity index (χ0v) is 13.5. The third-order valence-electron chi connectivity index (χ3n) is 3.77. The summed E-state index contributed by atoms with van der Waals surface area (Å²) in [6.07, 6.45) is 3.61. The molecule has 0 unspecified atom stereocenters. The zero-order chi connectivity index (χ0) is 15.6. The van der Waals surface area contributed by atoms with Gasteiger partial charge in [0, 0.05) is 6.04 Å². The quantitative estimate of drug-likeness (QED) is 0.842. The van der Waals surface area contributed by atoms with Gasteiger partial charge in [0.15, 0.2) is 0 Å². The molecule has 0 heterocycles. The zero-order valence-electron chi connectivity index (χ0n) is 11.9. The van der Waals surface area contributed by atoms with Crippen LogP contribution in [0.5, 0.6) is 0 Å². The van der Waals surface area contributed by atoms with Crippen LogP contribution in [0.2, 0.25) is 0 Å². The van der Waals surface area contributed by atoms with Crippen LogP contribution in [-0.4, -0.2) is 30.3 Å². The minimum absolute atomic E-state index is 0.0269. The largest absolute Gasteiger partial charge is 0.392 e. The smallest absolute Gasteiger partial charge is 0.243 e. The Morgan fingerprint density at radius 2 is 2.05 bits per heavy atom. The van der Waals surface area contributed by atoms with Crippen LogP contribution in [0.1, 0.15) is 31.2 Å². The Morgan fingerprint density at radius 3 is 2.57 bits per heavy atom. The van der Waals surface area contributed by atoms with Crippen molar-refractivity contribution in [2.24, 2.45) is 5.73 Å². The Kier molecular flexibility index (Phi) is 4.95. The lowest BCUT2D eigenvalue weighted by Crippen LogP contribution is -2.43. The summed E-state index contributed by atoms with van der Waals surface area (Å²) >= 11 is 4.89. The number of halogens is 1. The number of hydrogen-bond donors (Lipinski definition) is 1. The second-order valence-corrected chi connectivity index (χ2v) is 7.75. The van der Waals surface area contributed by atoms with Gasteiger partial charge in [0.1, 0.15) is 5.82 Å². The highest BCUT2D eigenvalue weighted by molar-refractivity contribution is 7.89. The summed E-state index contributed by atoms with van der Waals surface area (Å²) in [4.78, 5) is 0.261. The molecule has 7 heteroatoms. The summed E-state index contributed by atoms with van der Waals surface area (Å²) in [6.45, 7) is 1.61. The molecule has 2 rings (SSSR count). The van der Waals surface area contributed by atoms with Crippen LogP contribution in [-0.2, 0) is 10.0 Å². The van der Waals surface area contributed by atoms with Gasteiger partial charge in [-0.05, 0) is 43.5 Å². The van der Waals surface area contributed by atoms with Crippen LogP contribution in [0.15, 0.2) is 23.1 Å². The summed E-state index contributed by atoms with van der Waals surface area (Å²) in [5, 5.41) is 0. The van der Waals surface area contributed by atoms with E-state index in [1.807, 2.05) is 0 Å². The van der Waals surface area contributed by atoms with E-state index in [4.69, 9.17) is 18.0 Å². The molecule has 1 fully saturated rings. The third kappa shape index (κ3) is 3.59. The maximum atomic E-state index is 13.2. The van der Waals surface area contributed by atoms with Gasteiger partial charge in [-0.15, -0.1) is 0 Å². The first-order chi connectivity index (χ1) is 9.82. The van der Waals surface area contributed by atoms with Crippen molar-refractivity contribution in [2.45, 2.75) is 43.5 Å². The molecule has 1 aliphatic carbocycles. The number of nitrogens with zero attached hydrogens (tertiary/aromatic N) is 1. The Bertz CT molecular complexity index is 640. The number of benzene rings is 1. The fraction of sp³-hybridized carbons (Fsp3) is 0.500. The number of aryl methyl sites for hydroxylation is 1. The van der Waals surface area contributed by atoms with Gasteiger partial charge in [-0.1, -0.05) is 25.1 Å². The van der Waals surface area contributed by atoms with Gasteiger partial charge in [-0.2, -0.15) is 4.31 Å². The number of sulfonamides is 1. The number of thiocarbonyl (C=S) groups is 1. The van der Waals surface area contributed by atoms with E-state index in [1.165, 1.54) is 16.4 Å². The van der Waals surface area contributed by atoms with Crippen LogP contribution >= 0.6 is 12.2 Å². The number of nitrogens with two attached hydrogens (primary N) is 1. The van der Waals surface area contributed by atoms with E-state index in [0.29, 0.717) is 5.56 Å². The topological polar surface area (TPSA) is 63.4 Å². The maximum absolute atomic E-state index is 13.2. The highest BCUT2D eigenvalue weighted by Gasteiger charge is 2.34. The van der Waals surface area contributed by atoms with E-state index in [0.717, 1.165) is 31.7 Å². The van der Waals surface area contributed by atoms with Crippen molar-refractivity contribution >= 4 is 27.2 Å². The second-order valence-electron chi connectivity index (χ2n) is 5.36. The van der Waals surface area contributed by atoms with E-state index in [9.17, 15) is 12.8 Å². The van der Waals surface area contributed by atoms with Crippen LogP contribution in [0.4, 0.5) is 4.39 Å². The van der Waals surface area contributed by atoms with E-state index >= 15 is 0 Å². The van der Waals surface area contributed by atoms with Gasteiger partial charge < -0.3 is 5.73 Å². The van der Waals surface area contributed by atoms with E-state index in [1.54, 1.807) is 6.92 Å². The summed E-state index contributed by atoms with van der Waals surface area (Å²) in [6, 6.07) is 3.61. The molecular weight excluding hydrogens is 311 g/mol. The van der Waals surface area contributed by atoms with Gasteiger partial charge in [-0.3, -0.25) is 0 Å². The van der Waals surface area contributed by atoms with Crippen molar-refractivity contribution in [3.63, 3.8) is 0 Å². The average Bonchev–Trinajstić information content (AvgIpc) is 2.88. The first-order valence-electron chi connectivity index (χ1n) is 6.88. The fourth-order valence-corrected chi connectivity index (χ4v) is 4.88. The van der Waals surface area contributed by atoms with Crippen molar-refractivity contribution in [2.75, 3.05) is 6.54 Å². The van der Waals surface area contributed by atoms with Crippen molar-refractivity contribution in [1.82, 2.24) is 4.31 Å². The van der Waals surface area contributed by atoms with Crippen molar-refractivity contribution in [3.8, 4) is 0 Å². The molecule has 116 valence electrons. The van der Waals surface area contributed by atoms with Crippen LogP contribution in [0.25, 0.3) is 0 Å². The van der Waals surface area contributed by atoms with Crippen LogP contribution in [0.3, 0.4) is 0 Å². The normalized spacial score (nSPS) is 16.5. The predicted octanol–water partition coefficient (Wildman–Crippen LogP) is 2.35. The molecule has 0 atom stereocenters. The highest BCUT2D eigenvalue weighted by atomic mass is 32.2. The number of hydrogen-bond acceptors (Lipinski definition) is 3. The molecule has 1 saturated carbocycles. The Hall–Kier alpha value is -1.05. The molecule has 0 saturated heterocycles. The molecule has 4 nitrogen and oxygen atoms in total. The third-order valence-corrected chi connectivity index (χ3v) is 5.95. The fourth-order valence-electron chi connectivity index (χ4n) is 2.78. The number of rotatable bonds is 5. The lowest BCUT2D eigenvalue weighted by atomic mass is 10.2. The van der Waals surface area contributed by atoms with E-state index in [-0.39, 0.29) is 22.5 Å². The second kappa shape index (κ2) is 6.37. The molecule has 1 aromatic rings. The summed E-state index contributed by atoms with van der Waals surface area (Å²) in [5.41, 5.74) is 5.95. The van der Waals surface area contributed by atoms with Crippen molar-refractivity contribution in [1.29, 1.82) is 0 Å². The molecule has 0 aliphatic heterocycles. The summed E-state index contributed by atoms with van der Waals surface area (Å²) in [5.74, 6) is -0.451. The SMILES string of the molecule is Cc1cc(F)ccc1S(=O)(=O)N(CC(N)=S)C1CCCC1. The van der Waals surface area contributed by atoms with E-state index in [2.05, 4.69) is 0 Å². The maximum Gasteiger partial charge on any atom is 0.243 e. The molecule has 0 bridgehead atoms. The summed E-state index contributed by atoms with van der Waals surface area (Å²) in [7, 11) is -3.73. The Balaban J connectivity index is 2.43. The minimum atomic E-state index is -3.73. The lowest BCUT2D eigenvalue weighted by molar-refractivity contribution is 0.355. The van der Waals surface area contributed by atoms with Gasteiger partial charge >= 0.3 is 0 Å². The van der Waals surface area contributed by atoms with Gasteiger partial charge in [0.05, 0.1) is 16.4 Å². The lowest BCUT2D eigenvalue weighted by Gasteiger charge is -2.28. The summed E-state index contributed by atoms with van der Waals surface area (Å²) < 4.78 is 40.3. The molecule has 0 amide bonds. The van der Waals surface area contributed by atoms with Crippen LogP contribution < -0.4 is 5.73 Å². The molecule has 0 spiro atoms. The molecule has 1 aromatic carbocycles. The average molecular weight is 330 g/mol. The molecule has 21 heavy (non-hydrogen) atoms. The minimum Gasteiger partial charge on any atom is -0.392 e. The molecule has 0 aromatic heterocycles. The van der Waals surface area contributed by atoms with E-state index < -0.39 is 15.8 Å². The van der Waals surface area contributed by atoms with Gasteiger partial charge in [0.2, 0.25) is 10.0 Å². The first-order valence-corrected chi connectivity index (χ1v) is 8.73. The van der Waals surface area contributed by atoms with Crippen molar-refractivity contribution < 1.29 is 12.8 Å². The van der Waals surface area contributed by atoms with Crippen LogP contribution in [0, 0.1) is 12.7 Å². The molecule has 1 aliphatic rings. The highest BCUT2D eigenvalue weighted by Crippen LogP contribution is 2.29. The van der Waals surface area contributed by atoms with Gasteiger partial charge in [-0.25, -0.2) is 12.8 Å². The molecule has 2 N–H and O–H groups in total. The first kappa shape index (κ1) is 16.3. The monoisotopic (exact) mass is 330 g/mol. The van der Waals surface area contributed by atoms with Gasteiger partial charge in [0.25, 0.3) is 0 Å². The van der Waals surface area contributed by atoms with Crippen molar-refractivity contribution in [3.05, 3.63) is 29.6 Å². The molecular formula is C14H19FN2O2S2. The molecule has 0 radical (unpaired) electrons. The Morgan fingerprint density at radius 1 is 1.43 bits per heavy atom. The Labute approximate surface area is 130 Å².